The first-order valence-corrected chi connectivity index (χ1v) is 5.44. The van der Waals surface area contributed by atoms with Crippen molar-refractivity contribution in [3.63, 3.8) is 0 Å². The largest absolute Gasteiger partial charge is 0.397 e. The minimum absolute atomic E-state index is 0.00525. The van der Waals surface area contributed by atoms with E-state index in [2.05, 4.69) is 5.32 Å². The van der Waals surface area contributed by atoms with Crippen LogP contribution in [0, 0.1) is 0 Å². The third kappa shape index (κ3) is 3.35. The average Bonchev–Trinajstić information content (AvgIpc) is 2.30. The molecule has 0 saturated heterocycles. The zero-order valence-corrected chi connectivity index (χ0v) is 10.4. The van der Waals surface area contributed by atoms with E-state index >= 15 is 0 Å². The van der Waals surface area contributed by atoms with Crippen molar-refractivity contribution in [1.82, 2.24) is 4.90 Å². The van der Waals surface area contributed by atoms with E-state index in [0.717, 1.165) is 0 Å². The molecular formula is C12H19N3O2. The van der Waals surface area contributed by atoms with Gasteiger partial charge in [-0.1, -0.05) is 0 Å². The Morgan fingerprint density at radius 2 is 2.18 bits per heavy atom. The molecule has 0 aromatic heterocycles. The van der Waals surface area contributed by atoms with Crippen molar-refractivity contribution < 1.29 is 9.90 Å². The molecular weight excluding hydrogens is 218 g/mol. The molecule has 0 bridgehead atoms. The Kier molecular flexibility index (Phi) is 4.34. The highest BCUT2D eigenvalue weighted by Crippen LogP contribution is 2.21. The summed E-state index contributed by atoms with van der Waals surface area (Å²) in [4.78, 5) is 13.3. The molecule has 0 radical (unpaired) electrons. The molecule has 0 aliphatic heterocycles. The Labute approximate surface area is 101 Å². The summed E-state index contributed by atoms with van der Waals surface area (Å²) in [6, 6.07) is 4.96. The van der Waals surface area contributed by atoms with Gasteiger partial charge in [0.15, 0.2) is 0 Å². The van der Waals surface area contributed by atoms with Gasteiger partial charge >= 0.3 is 0 Å². The highest BCUT2D eigenvalue weighted by Gasteiger charge is 2.11. The van der Waals surface area contributed by atoms with Crippen LogP contribution >= 0.6 is 0 Å². The fourth-order valence-corrected chi connectivity index (χ4v) is 1.38. The van der Waals surface area contributed by atoms with Crippen LogP contribution in [0.25, 0.3) is 0 Å². The quantitative estimate of drug-likeness (QED) is 0.676. The summed E-state index contributed by atoms with van der Waals surface area (Å²) in [6.07, 6.45) is 0. The summed E-state index contributed by atoms with van der Waals surface area (Å²) < 4.78 is 0. The third-order valence-electron chi connectivity index (χ3n) is 2.38. The van der Waals surface area contributed by atoms with Crippen LogP contribution in [-0.2, 0) is 0 Å². The van der Waals surface area contributed by atoms with E-state index in [1.165, 1.54) is 4.90 Å². The van der Waals surface area contributed by atoms with Crippen LogP contribution < -0.4 is 11.1 Å². The summed E-state index contributed by atoms with van der Waals surface area (Å²) in [5.41, 5.74) is 7.59. The Morgan fingerprint density at radius 3 is 2.71 bits per heavy atom. The van der Waals surface area contributed by atoms with Gasteiger partial charge < -0.3 is 21.1 Å². The molecule has 0 aliphatic carbocycles. The molecule has 1 atom stereocenters. The number of nitrogens with one attached hydrogen (secondary N) is 1. The number of amides is 1. The molecule has 94 valence electrons. The molecule has 5 heteroatoms. The summed E-state index contributed by atoms with van der Waals surface area (Å²) >= 11 is 0. The molecule has 0 fully saturated rings. The maximum Gasteiger partial charge on any atom is 0.253 e. The van der Waals surface area contributed by atoms with Crippen LogP contribution in [0.4, 0.5) is 11.4 Å². The molecule has 1 aromatic rings. The standard InChI is InChI=1S/C12H19N3O2/c1-8(7-16)14-11-6-9(4-5-10(11)13)12(17)15(2)3/h4-6,8,14,16H,7,13H2,1-3H3. The van der Waals surface area contributed by atoms with Crippen molar-refractivity contribution in [2.24, 2.45) is 0 Å². The van der Waals surface area contributed by atoms with Crippen LogP contribution in [0.15, 0.2) is 18.2 Å². The normalized spacial score (nSPS) is 12.0. The van der Waals surface area contributed by atoms with Crippen LogP contribution in [0.2, 0.25) is 0 Å². The second-order valence-corrected chi connectivity index (χ2v) is 4.23. The monoisotopic (exact) mass is 237 g/mol. The topological polar surface area (TPSA) is 78.6 Å². The molecule has 0 heterocycles. The van der Waals surface area contributed by atoms with Crippen molar-refractivity contribution in [3.8, 4) is 0 Å². The Morgan fingerprint density at radius 1 is 1.53 bits per heavy atom. The number of anilines is 2. The van der Waals surface area contributed by atoms with E-state index < -0.39 is 0 Å². The van der Waals surface area contributed by atoms with Gasteiger partial charge in [0.2, 0.25) is 0 Å². The lowest BCUT2D eigenvalue weighted by Crippen LogP contribution is -2.23. The van der Waals surface area contributed by atoms with Gasteiger partial charge in [0.05, 0.1) is 18.0 Å². The zero-order valence-electron chi connectivity index (χ0n) is 10.4. The molecule has 4 N–H and O–H groups in total. The van der Waals surface area contributed by atoms with Crippen LogP contribution in [0.1, 0.15) is 17.3 Å². The summed E-state index contributed by atoms with van der Waals surface area (Å²) in [5.74, 6) is -0.0790. The molecule has 1 unspecified atom stereocenters. The lowest BCUT2D eigenvalue weighted by Gasteiger charge is -2.16. The Balaban J connectivity index is 2.98. The second-order valence-electron chi connectivity index (χ2n) is 4.23. The zero-order chi connectivity index (χ0) is 13.0. The lowest BCUT2D eigenvalue weighted by atomic mass is 10.1. The highest BCUT2D eigenvalue weighted by molar-refractivity contribution is 5.95. The average molecular weight is 237 g/mol. The number of carbonyl (C=O) groups excluding carboxylic acids is 1. The first-order valence-electron chi connectivity index (χ1n) is 5.44. The minimum Gasteiger partial charge on any atom is -0.397 e. The maximum atomic E-state index is 11.8. The Bertz CT molecular complexity index is 405. The van der Waals surface area contributed by atoms with E-state index in [-0.39, 0.29) is 18.6 Å². The molecule has 1 aromatic carbocycles. The van der Waals surface area contributed by atoms with Gasteiger partial charge in [0.1, 0.15) is 0 Å². The number of nitrogen functional groups attached to an aromatic ring is 1. The second kappa shape index (κ2) is 5.54. The number of hydrogen-bond donors (Lipinski definition) is 3. The van der Waals surface area contributed by atoms with Gasteiger partial charge in [-0.2, -0.15) is 0 Å². The van der Waals surface area contributed by atoms with Crippen molar-refractivity contribution in [2.75, 3.05) is 31.8 Å². The van der Waals surface area contributed by atoms with Crippen LogP contribution in [-0.4, -0.2) is 42.7 Å². The lowest BCUT2D eigenvalue weighted by molar-refractivity contribution is 0.0827. The number of nitrogens with two attached hydrogens (primary N) is 1. The number of aliphatic hydroxyl groups excluding tert-OH is 1. The highest BCUT2D eigenvalue weighted by atomic mass is 16.3. The van der Waals surface area contributed by atoms with E-state index in [1.807, 2.05) is 6.92 Å². The fourth-order valence-electron chi connectivity index (χ4n) is 1.38. The van der Waals surface area contributed by atoms with Crippen LogP contribution in [0.3, 0.4) is 0 Å². The number of hydrogen-bond acceptors (Lipinski definition) is 4. The Hall–Kier alpha value is -1.75. The SMILES string of the molecule is CC(CO)Nc1cc(C(=O)N(C)C)ccc1N. The molecule has 0 spiro atoms. The number of aliphatic hydroxyl groups is 1. The summed E-state index contributed by atoms with van der Waals surface area (Å²) in [5, 5.41) is 12.0. The van der Waals surface area contributed by atoms with Crippen molar-refractivity contribution >= 4 is 17.3 Å². The van der Waals surface area contributed by atoms with Gasteiger partial charge in [0, 0.05) is 25.7 Å². The van der Waals surface area contributed by atoms with Crippen molar-refractivity contribution in [2.45, 2.75) is 13.0 Å². The fraction of sp³-hybridized carbons (Fsp3) is 0.417. The molecule has 1 rings (SSSR count). The van der Waals surface area contributed by atoms with E-state index in [4.69, 9.17) is 10.8 Å². The summed E-state index contributed by atoms with van der Waals surface area (Å²) in [7, 11) is 3.39. The predicted octanol–water partition coefficient (Wildman–Crippen LogP) is 0.763. The predicted molar refractivity (Wildman–Crippen MR) is 69.0 cm³/mol. The minimum atomic E-state index is -0.109. The van der Waals surface area contributed by atoms with Gasteiger partial charge in [-0.3, -0.25) is 4.79 Å². The van der Waals surface area contributed by atoms with Crippen LogP contribution in [0.5, 0.6) is 0 Å². The van der Waals surface area contributed by atoms with Crippen molar-refractivity contribution in [1.29, 1.82) is 0 Å². The third-order valence-corrected chi connectivity index (χ3v) is 2.38. The molecule has 1 amide bonds. The number of benzene rings is 1. The number of nitrogens with zero attached hydrogens (tertiary/aromatic N) is 1. The smallest absolute Gasteiger partial charge is 0.253 e. The summed E-state index contributed by atoms with van der Waals surface area (Å²) in [6.45, 7) is 1.84. The van der Waals surface area contributed by atoms with Gasteiger partial charge in [0.25, 0.3) is 5.91 Å². The van der Waals surface area contributed by atoms with E-state index in [9.17, 15) is 4.79 Å². The van der Waals surface area contributed by atoms with Gasteiger partial charge in [-0.25, -0.2) is 0 Å². The van der Waals surface area contributed by atoms with Crippen molar-refractivity contribution in [3.05, 3.63) is 23.8 Å². The first kappa shape index (κ1) is 13.3. The molecule has 5 nitrogen and oxygen atoms in total. The number of carbonyl (C=O) groups is 1. The molecule has 17 heavy (non-hydrogen) atoms. The van der Waals surface area contributed by atoms with Gasteiger partial charge in [-0.15, -0.1) is 0 Å². The maximum absolute atomic E-state index is 11.8. The van der Waals surface area contributed by atoms with E-state index in [1.54, 1.807) is 32.3 Å². The number of rotatable bonds is 4. The first-order chi connectivity index (χ1) is 7.95. The molecule has 0 aliphatic rings. The van der Waals surface area contributed by atoms with Gasteiger partial charge in [-0.05, 0) is 25.1 Å². The molecule has 0 saturated carbocycles. The van der Waals surface area contributed by atoms with E-state index in [0.29, 0.717) is 16.9 Å².